The molecule has 1 aliphatic rings. The zero-order valence-electron chi connectivity index (χ0n) is 10.7. The van der Waals surface area contributed by atoms with Crippen molar-refractivity contribution in [1.82, 2.24) is 5.32 Å². The lowest BCUT2D eigenvalue weighted by atomic mass is 10.1. The first-order valence-electron chi connectivity index (χ1n) is 6.09. The number of amidine groups is 1. The van der Waals surface area contributed by atoms with Crippen molar-refractivity contribution in [3.63, 3.8) is 0 Å². The Balaban J connectivity index is 2.21. The first-order chi connectivity index (χ1) is 9.08. The van der Waals surface area contributed by atoms with E-state index in [1.165, 1.54) is 11.0 Å². The van der Waals surface area contributed by atoms with Crippen molar-refractivity contribution in [3.05, 3.63) is 29.6 Å². The number of carboxylic acids is 1. The number of carbonyl (C=O) groups is 1. The number of nitrogens with zero attached hydrogens (tertiary/aromatic N) is 2. The van der Waals surface area contributed by atoms with Gasteiger partial charge in [0.25, 0.3) is 0 Å². The highest BCUT2D eigenvalue weighted by atomic mass is 19.1. The monoisotopic (exact) mass is 265 g/mol. The molecule has 1 heterocycles. The van der Waals surface area contributed by atoms with E-state index in [2.05, 4.69) is 10.3 Å². The summed E-state index contributed by atoms with van der Waals surface area (Å²) in [6, 6.07) is 4.70. The predicted octanol–water partition coefficient (Wildman–Crippen LogP) is 1.09. The van der Waals surface area contributed by atoms with Crippen molar-refractivity contribution in [2.24, 2.45) is 4.99 Å². The average molecular weight is 265 g/mol. The van der Waals surface area contributed by atoms with Gasteiger partial charge in [-0.2, -0.15) is 0 Å². The minimum absolute atomic E-state index is 0.241. The molecule has 0 unspecified atom stereocenters. The summed E-state index contributed by atoms with van der Waals surface area (Å²) in [7, 11) is 1.54. The number of carboxylic acid groups (broad SMARTS) is 1. The maximum atomic E-state index is 14.0. The smallest absolute Gasteiger partial charge is 0.323 e. The molecule has 102 valence electrons. The second-order valence-electron chi connectivity index (χ2n) is 4.43. The van der Waals surface area contributed by atoms with Crippen LogP contribution < -0.4 is 10.2 Å². The van der Waals surface area contributed by atoms with Crippen LogP contribution in [0.1, 0.15) is 12.0 Å². The van der Waals surface area contributed by atoms with Crippen molar-refractivity contribution in [2.75, 3.05) is 31.6 Å². The van der Waals surface area contributed by atoms with Gasteiger partial charge in [0.05, 0.1) is 5.69 Å². The summed E-state index contributed by atoms with van der Waals surface area (Å²) in [5.74, 6) is -0.752. The van der Waals surface area contributed by atoms with E-state index in [4.69, 9.17) is 5.11 Å². The van der Waals surface area contributed by atoms with Crippen molar-refractivity contribution >= 4 is 17.5 Å². The molecule has 0 saturated heterocycles. The number of aliphatic carboxylic acids is 1. The topological polar surface area (TPSA) is 64.9 Å². The van der Waals surface area contributed by atoms with Crippen molar-refractivity contribution in [3.8, 4) is 0 Å². The number of hydrogen-bond donors (Lipinski definition) is 2. The van der Waals surface area contributed by atoms with E-state index < -0.39 is 11.8 Å². The van der Waals surface area contributed by atoms with Crippen LogP contribution in [-0.4, -0.2) is 43.6 Å². The standard InChI is InChI=1S/C13H16FN3O2/c1-17(8-12(18)19)11-4-3-9(7-10(11)14)13-15-5-2-6-16-13/h3-4,7H,2,5-6,8H2,1H3,(H,15,16)(H,18,19). The lowest BCUT2D eigenvalue weighted by molar-refractivity contribution is -0.135. The Morgan fingerprint density at radius 2 is 2.37 bits per heavy atom. The Labute approximate surface area is 110 Å². The molecule has 0 saturated carbocycles. The molecule has 1 aromatic rings. The molecule has 2 rings (SSSR count). The first kappa shape index (κ1) is 13.3. The Kier molecular flexibility index (Phi) is 3.99. The second-order valence-corrected chi connectivity index (χ2v) is 4.43. The molecule has 0 bridgehead atoms. The summed E-state index contributed by atoms with van der Waals surface area (Å²) in [6.45, 7) is 1.33. The van der Waals surface area contributed by atoms with Crippen molar-refractivity contribution in [2.45, 2.75) is 6.42 Å². The number of nitrogens with one attached hydrogen (secondary N) is 1. The zero-order chi connectivity index (χ0) is 13.8. The van der Waals surface area contributed by atoms with E-state index >= 15 is 0 Å². The normalized spacial score (nSPS) is 14.5. The lowest BCUT2D eigenvalue weighted by Crippen LogP contribution is -2.30. The van der Waals surface area contributed by atoms with Gasteiger partial charge >= 0.3 is 5.97 Å². The number of aliphatic imine (C=N–C) groups is 1. The van der Waals surface area contributed by atoms with Gasteiger partial charge in [0.1, 0.15) is 18.2 Å². The molecule has 0 radical (unpaired) electrons. The highest BCUT2D eigenvalue weighted by Gasteiger charge is 2.14. The van der Waals surface area contributed by atoms with Crippen LogP contribution in [0.5, 0.6) is 0 Å². The molecule has 5 nitrogen and oxygen atoms in total. The summed E-state index contributed by atoms with van der Waals surface area (Å²) in [5.41, 5.74) is 0.951. The number of likely N-dealkylation sites (N-methyl/N-ethyl adjacent to an activating group) is 1. The van der Waals surface area contributed by atoms with Gasteiger partial charge in [0, 0.05) is 25.7 Å². The molecule has 1 aromatic carbocycles. The molecular weight excluding hydrogens is 249 g/mol. The Morgan fingerprint density at radius 1 is 1.58 bits per heavy atom. The van der Waals surface area contributed by atoms with Gasteiger partial charge in [0.2, 0.25) is 0 Å². The third kappa shape index (κ3) is 3.21. The van der Waals surface area contributed by atoms with Gasteiger partial charge in [0.15, 0.2) is 0 Å². The van der Waals surface area contributed by atoms with E-state index in [1.807, 2.05) is 0 Å². The number of anilines is 1. The fraction of sp³-hybridized carbons (Fsp3) is 0.385. The molecular formula is C13H16FN3O2. The predicted molar refractivity (Wildman–Crippen MR) is 71.3 cm³/mol. The van der Waals surface area contributed by atoms with Crippen LogP contribution in [0.2, 0.25) is 0 Å². The van der Waals surface area contributed by atoms with Crippen LogP contribution in [0.4, 0.5) is 10.1 Å². The first-order valence-corrected chi connectivity index (χ1v) is 6.09. The Morgan fingerprint density at radius 3 is 2.95 bits per heavy atom. The number of rotatable bonds is 4. The molecule has 6 heteroatoms. The molecule has 0 aliphatic carbocycles. The molecule has 0 amide bonds. The van der Waals surface area contributed by atoms with Gasteiger partial charge in [-0.1, -0.05) is 0 Å². The zero-order valence-corrected chi connectivity index (χ0v) is 10.7. The highest BCUT2D eigenvalue weighted by Crippen LogP contribution is 2.19. The van der Waals surface area contributed by atoms with E-state index in [0.29, 0.717) is 11.4 Å². The fourth-order valence-electron chi connectivity index (χ4n) is 1.98. The maximum absolute atomic E-state index is 14.0. The molecule has 1 aliphatic heterocycles. The van der Waals surface area contributed by atoms with Crippen LogP contribution in [-0.2, 0) is 4.79 Å². The Bertz CT molecular complexity index is 517. The van der Waals surface area contributed by atoms with Gasteiger partial charge < -0.3 is 15.3 Å². The van der Waals surface area contributed by atoms with Crippen LogP contribution in [0.15, 0.2) is 23.2 Å². The summed E-state index contributed by atoms with van der Waals surface area (Å²) in [4.78, 5) is 16.3. The van der Waals surface area contributed by atoms with E-state index in [9.17, 15) is 9.18 Å². The minimum Gasteiger partial charge on any atom is -0.480 e. The van der Waals surface area contributed by atoms with Crippen molar-refractivity contribution < 1.29 is 14.3 Å². The lowest BCUT2D eigenvalue weighted by Gasteiger charge is -2.19. The minimum atomic E-state index is -0.996. The van der Waals surface area contributed by atoms with E-state index in [1.54, 1.807) is 19.2 Å². The average Bonchev–Trinajstić information content (AvgIpc) is 2.38. The number of benzene rings is 1. The van der Waals surface area contributed by atoms with Gasteiger partial charge in [-0.05, 0) is 24.6 Å². The largest absolute Gasteiger partial charge is 0.480 e. The third-order valence-electron chi connectivity index (χ3n) is 2.90. The van der Waals surface area contributed by atoms with E-state index in [-0.39, 0.29) is 12.2 Å². The third-order valence-corrected chi connectivity index (χ3v) is 2.90. The molecule has 0 atom stereocenters. The van der Waals surface area contributed by atoms with Crippen LogP contribution in [0.25, 0.3) is 0 Å². The summed E-state index contributed by atoms with van der Waals surface area (Å²) in [6.07, 6.45) is 0.978. The fourth-order valence-corrected chi connectivity index (χ4v) is 1.98. The Hall–Kier alpha value is -2.11. The SMILES string of the molecule is CN(CC(=O)O)c1ccc(C2=NCCCN2)cc1F. The second kappa shape index (κ2) is 5.69. The molecule has 2 N–H and O–H groups in total. The van der Waals surface area contributed by atoms with Gasteiger partial charge in [-0.15, -0.1) is 0 Å². The number of halogens is 1. The molecule has 0 aromatic heterocycles. The van der Waals surface area contributed by atoms with Crippen LogP contribution in [0.3, 0.4) is 0 Å². The van der Waals surface area contributed by atoms with Crippen LogP contribution in [0, 0.1) is 5.82 Å². The summed E-state index contributed by atoms with van der Waals surface area (Å²) in [5, 5.41) is 11.8. The van der Waals surface area contributed by atoms with Crippen LogP contribution >= 0.6 is 0 Å². The molecule has 19 heavy (non-hydrogen) atoms. The summed E-state index contributed by atoms with van der Waals surface area (Å²) < 4.78 is 14.0. The quantitative estimate of drug-likeness (QED) is 0.855. The van der Waals surface area contributed by atoms with E-state index in [0.717, 1.165) is 19.5 Å². The van der Waals surface area contributed by atoms with Gasteiger partial charge in [-0.25, -0.2) is 4.39 Å². The maximum Gasteiger partial charge on any atom is 0.323 e. The highest BCUT2D eigenvalue weighted by molar-refractivity contribution is 5.99. The van der Waals surface area contributed by atoms with Gasteiger partial charge in [-0.3, -0.25) is 9.79 Å². The van der Waals surface area contributed by atoms with Crippen molar-refractivity contribution in [1.29, 1.82) is 0 Å². The summed E-state index contributed by atoms with van der Waals surface area (Å²) >= 11 is 0. The molecule has 0 spiro atoms. The number of hydrogen-bond acceptors (Lipinski definition) is 4. The molecule has 0 fully saturated rings.